The normalized spacial score (nSPS) is 12.5. The fourth-order valence-electron chi connectivity index (χ4n) is 3.17. The number of unbranched alkanes of at least 4 members (excludes halogenated alkanes) is 2. The molecule has 0 bridgehead atoms. The van der Waals surface area contributed by atoms with Crippen molar-refractivity contribution in [1.82, 2.24) is 9.55 Å². The van der Waals surface area contributed by atoms with Gasteiger partial charge in [-0.3, -0.25) is 4.79 Å². The molecule has 2 rings (SSSR count). The molecule has 1 heterocycles. The molecule has 0 saturated heterocycles. The molecule has 0 spiro atoms. The minimum Gasteiger partial charge on any atom is -0.370 e. The van der Waals surface area contributed by atoms with Crippen LogP contribution in [-0.2, 0) is 11.2 Å². The molecular weight excluding hydrogens is 298 g/mol. The summed E-state index contributed by atoms with van der Waals surface area (Å²) in [5.74, 6) is 1.41. The lowest BCUT2D eigenvalue weighted by atomic mass is 9.90. The van der Waals surface area contributed by atoms with Gasteiger partial charge in [0.05, 0.1) is 0 Å². The Balaban J connectivity index is 2.01. The van der Waals surface area contributed by atoms with Crippen LogP contribution in [-0.4, -0.2) is 15.5 Å². The maximum Gasteiger partial charge on any atom is 0.217 e. The first kappa shape index (κ1) is 18.2. The average Bonchev–Trinajstić information content (AvgIpc) is 3.02. The van der Waals surface area contributed by atoms with Crippen molar-refractivity contribution in [2.24, 2.45) is 5.73 Å². The zero-order valence-electron chi connectivity index (χ0n) is 14.8. The van der Waals surface area contributed by atoms with Gasteiger partial charge in [0.25, 0.3) is 0 Å². The maximum absolute atomic E-state index is 10.8. The number of nitrogens with zero attached hydrogens (tertiary/aromatic N) is 2. The summed E-state index contributed by atoms with van der Waals surface area (Å²) < 4.78 is 2.25. The van der Waals surface area contributed by atoms with Gasteiger partial charge in [-0.05, 0) is 38.2 Å². The van der Waals surface area contributed by atoms with Gasteiger partial charge in [0.1, 0.15) is 5.82 Å². The van der Waals surface area contributed by atoms with Crippen LogP contribution in [0.2, 0.25) is 0 Å². The number of carbonyl (C=O) groups excluding carboxylic acids is 1. The van der Waals surface area contributed by atoms with Gasteiger partial charge in [-0.2, -0.15) is 0 Å². The first-order valence-electron chi connectivity index (χ1n) is 8.93. The Bertz CT molecular complexity index is 619. The molecule has 130 valence electrons. The molecule has 4 nitrogen and oxygen atoms in total. The van der Waals surface area contributed by atoms with Gasteiger partial charge in [0.2, 0.25) is 5.91 Å². The second-order valence-corrected chi connectivity index (χ2v) is 6.72. The lowest BCUT2D eigenvalue weighted by molar-refractivity contribution is -0.118. The van der Waals surface area contributed by atoms with E-state index in [1.165, 1.54) is 5.56 Å². The quantitative estimate of drug-likeness (QED) is 0.664. The molecule has 1 aromatic carbocycles. The Morgan fingerprint density at radius 2 is 1.92 bits per heavy atom. The molecule has 1 unspecified atom stereocenters. The third kappa shape index (κ3) is 5.52. The van der Waals surface area contributed by atoms with Crippen LogP contribution >= 0.6 is 0 Å². The van der Waals surface area contributed by atoms with Crippen molar-refractivity contribution >= 4 is 5.91 Å². The van der Waals surface area contributed by atoms with Crippen molar-refractivity contribution in [2.75, 3.05) is 0 Å². The molecule has 2 N–H and O–H groups in total. The Morgan fingerprint density at radius 1 is 1.17 bits per heavy atom. The minimum absolute atomic E-state index is 0.200. The number of rotatable bonds is 10. The highest BCUT2D eigenvalue weighted by Gasteiger charge is 2.16. The van der Waals surface area contributed by atoms with Crippen molar-refractivity contribution in [3.8, 4) is 0 Å². The minimum atomic E-state index is -0.200. The third-order valence-electron chi connectivity index (χ3n) is 4.48. The summed E-state index contributed by atoms with van der Waals surface area (Å²) >= 11 is 0. The zero-order valence-corrected chi connectivity index (χ0v) is 14.8. The van der Waals surface area contributed by atoms with E-state index in [1.807, 2.05) is 6.20 Å². The van der Waals surface area contributed by atoms with Gasteiger partial charge in [-0.15, -0.1) is 0 Å². The van der Waals surface area contributed by atoms with E-state index in [0.29, 0.717) is 18.4 Å². The largest absolute Gasteiger partial charge is 0.370 e. The molecule has 2 aromatic rings. The number of carbonyl (C=O) groups is 1. The predicted molar refractivity (Wildman–Crippen MR) is 97.8 cm³/mol. The Hall–Kier alpha value is -2.10. The van der Waals surface area contributed by atoms with Crippen LogP contribution in [0.25, 0.3) is 0 Å². The lowest BCUT2D eigenvalue weighted by Gasteiger charge is -2.19. The predicted octanol–water partition coefficient (Wildman–Crippen LogP) is 4.23. The second kappa shape index (κ2) is 9.26. The fraction of sp³-hybridized carbons (Fsp3) is 0.500. The summed E-state index contributed by atoms with van der Waals surface area (Å²) in [4.78, 5) is 15.4. The maximum atomic E-state index is 10.8. The summed E-state index contributed by atoms with van der Waals surface area (Å²) in [5.41, 5.74) is 6.58. The molecule has 0 aliphatic carbocycles. The number of amides is 1. The molecule has 4 heteroatoms. The van der Waals surface area contributed by atoms with Crippen molar-refractivity contribution in [1.29, 1.82) is 0 Å². The topological polar surface area (TPSA) is 60.9 Å². The number of hydrogen-bond acceptors (Lipinski definition) is 2. The van der Waals surface area contributed by atoms with E-state index < -0.39 is 0 Å². The number of benzene rings is 1. The zero-order chi connectivity index (χ0) is 17.4. The number of hydrogen-bond donors (Lipinski definition) is 1. The first-order chi connectivity index (χ1) is 11.6. The lowest BCUT2D eigenvalue weighted by Crippen LogP contribution is -2.11. The standard InChI is InChI=1S/C20H29N3O/c1-16(2)23-14-13-22-20(23)15-18(17-9-5-3-6-10-17)11-7-4-8-12-19(21)24/h3,5-6,9-10,13-14,16,18H,4,7-8,11-12,15H2,1-2H3,(H2,21,24). The molecule has 0 aliphatic rings. The van der Waals surface area contributed by atoms with Crippen molar-refractivity contribution in [3.63, 3.8) is 0 Å². The average molecular weight is 327 g/mol. The van der Waals surface area contributed by atoms with Gasteiger partial charge in [-0.1, -0.05) is 43.2 Å². The summed E-state index contributed by atoms with van der Waals surface area (Å²) in [6, 6.07) is 11.1. The van der Waals surface area contributed by atoms with Crippen LogP contribution in [0.4, 0.5) is 0 Å². The van der Waals surface area contributed by atoms with Gasteiger partial charge < -0.3 is 10.3 Å². The monoisotopic (exact) mass is 327 g/mol. The highest BCUT2D eigenvalue weighted by Crippen LogP contribution is 2.27. The van der Waals surface area contributed by atoms with Crippen LogP contribution in [0.3, 0.4) is 0 Å². The number of primary amides is 1. The van der Waals surface area contributed by atoms with E-state index in [1.54, 1.807) is 0 Å². The number of imidazole rings is 1. The Labute approximate surface area is 145 Å². The molecular formula is C20H29N3O. The highest BCUT2D eigenvalue weighted by atomic mass is 16.1. The van der Waals surface area contributed by atoms with Gasteiger partial charge >= 0.3 is 0 Å². The molecule has 0 saturated carbocycles. The van der Waals surface area contributed by atoms with Crippen LogP contribution in [0.15, 0.2) is 42.7 Å². The van der Waals surface area contributed by atoms with E-state index in [4.69, 9.17) is 5.73 Å². The summed E-state index contributed by atoms with van der Waals surface area (Å²) in [7, 11) is 0. The van der Waals surface area contributed by atoms with E-state index in [2.05, 4.69) is 59.9 Å². The van der Waals surface area contributed by atoms with Gasteiger partial charge in [-0.25, -0.2) is 4.98 Å². The highest BCUT2D eigenvalue weighted by molar-refractivity contribution is 5.73. The molecule has 0 fully saturated rings. The van der Waals surface area contributed by atoms with E-state index in [9.17, 15) is 4.79 Å². The van der Waals surface area contributed by atoms with Crippen molar-refractivity contribution in [3.05, 3.63) is 54.1 Å². The summed E-state index contributed by atoms with van der Waals surface area (Å²) in [6.45, 7) is 4.37. The first-order valence-corrected chi connectivity index (χ1v) is 8.93. The van der Waals surface area contributed by atoms with Crippen molar-refractivity contribution in [2.45, 2.75) is 64.3 Å². The SMILES string of the molecule is CC(C)n1ccnc1CC(CCCCCC(N)=O)c1ccccc1. The van der Waals surface area contributed by atoms with E-state index in [0.717, 1.165) is 37.9 Å². The Morgan fingerprint density at radius 3 is 2.58 bits per heavy atom. The Kier molecular flexibility index (Phi) is 7.04. The van der Waals surface area contributed by atoms with Gasteiger partial charge in [0, 0.05) is 31.3 Å². The molecule has 1 atom stereocenters. The van der Waals surface area contributed by atoms with E-state index in [-0.39, 0.29) is 5.91 Å². The molecule has 1 amide bonds. The second-order valence-electron chi connectivity index (χ2n) is 6.72. The molecule has 1 aromatic heterocycles. The summed E-state index contributed by atoms with van der Waals surface area (Å²) in [5, 5.41) is 0. The molecule has 24 heavy (non-hydrogen) atoms. The van der Waals surface area contributed by atoms with Crippen LogP contribution in [0.1, 0.15) is 69.3 Å². The smallest absolute Gasteiger partial charge is 0.217 e. The van der Waals surface area contributed by atoms with Crippen LogP contribution in [0, 0.1) is 0 Å². The fourth-order valence-corrected chi connectivity index (χ4v) is 3.17. The number of nitrogens with two attached hydrogens (primary N) is 1. The van der Waals surface area contributed by atoms with E-state index >= 15 is 0 Å². The van der Waals surface area contributed by atoms with Crippen LogP contribution in [0.5, 0.6) is 0 Å². The summed E-state index contributed by atoms with van der Waals surface area (Å²) in [6.07, 6.45) is 9.54. The third-order valence-corrected chi connectivity index (χ3v) is 4.48. The molecule has 0 aliphatic heterocycles. The van der Waals surface area contributed by atoms with Gasteiger partial charge in [0.15, 0.2) is 0 Å². The van der Waals surface area contributed by atoms with Crippen molar-refractivity contribution < 1.29 is 4.79 Å². The van der Waals surface area contributed by atoms with Crippen LogP contribution < -0.4 is 5.73 Å². The number of aromatic nitrogens is 2. The molecule has 0 radical (unpaired) electrons.